The van der Waals surface area contributed by atoms with Gasteiger partial charge in [-0.2, -0.15) is 0 Å². The van der Waals surface area contributed by atoms with Gasteiger partial charge in [0.15, 0.2) is 0 Å². The maximum Gasteiger partial charge on any atom is 0.119 e. The molecule has 0 radical (unpaired) electrons. The van der Waals surface area contributed by atoms with E-state index in [1.54, 1.807) is 14.2 Å². The predicted molar refractivity (Wildman–Crippen MR) is 135 cm³/mol. The molecule has 33 heavy (non-hydrogen) atoms. The van der Waals surface area contributed by atoms with Crippen LogP contribution in [0.1, 0.15) is 36.3 Å². The molecule has 0 aromatic heterocycles. The minimum atomic E-state index is -0.712. The second-order valence-corrected chi connectivity index (χ2v) is 7.89. The van der Waals surface area contributed by atoms with Crippen LogP contribution in [-0.4, -0.2) is 38.1 Å². The number of aliphatic hydroxyl groups is 1. The van der Waals surface area contributed by atoms with Crippen LogP contribution < -0.4 is 19.9 Å². The molecule has 1 unspecified atom stereocenters. The summed E-state index contributed by atoms with van der Waals surface area (Å²) in [7, 11) is 3.34. The van der Waals surface area contributed by atoms with Gasteiger partial charge in [0, 0.05) is 12.0 Å². The van der Waals surface area contributed by atoms with Gasteiger partial charge in [0.25, 0.3) is 0 Å². The van der Waals surface area contributed by atoms with Gasteiger partial charge in [0.2, 0.25) is 0 Å². The van der Waals surface area contributed by atoms with Crippen molar-refractivity contribution in [1.29, 1.82) is 0 Å². The molecule has 0 saturated carbocycles. The van der Waals surface area contributed by atoms with Crippen molar-refractivity contribution in [3.63, 3.8) is 0 Å². The van der Waals surface area contributed by atoms with Crippen molar-refractivity contribution in [3.05, 3.63) is 90.0 Å². The fraction of sp³-hybridized carbons (Fsp3) is 0.333. The van der Waals surface area contributed by atoms with Crippen LogP contribution in [0.4, 0.5) is 0 Å². The van der Waals surface area contributed by atoms with Crippen LogP contribution in [0.25, 0.3) is 0 Å². The molecule has 0 heterocycles. The predicted octanol–water partition coefficient (Wildman–Crippen LogP) is 5.20. The number of rotatable bonds is 12. The van der Waals surface area contributed by atoms with Crippen molar-refractivity contribution in [3.8, 4) is 17.2 Å². The highest BCUT2D eigenvalue weighted by Crippen LogP contribution is 2.32. The summed E-state index contributed by atoms with van der Waals surface area (Å²) in [5.74, 6) is 2.63. The number of benzene rings is 3. The van der Waals surface area contributed by atoms with Crippen molar-refractivity contribution in [2.45, 2.75) is 37.3 Å². The summed E-state index contributed by atoms with van der Waals surface area (Å²) in [5, 5.41) is 10.4. The van der Waals surface area contributed by atoms with Crippen molar-refractivity contribution >= 4 is 12.4 Å². The Morgan fingerprint density at radius 1 is 0.727 bits per heavy atom. The summed E-state index contributed by atoms with van der Waals surface area (Å²) >= 11 is 0. The van der Waals surface area contributed by atoms with Gasteiger partial charge in [-0.05, 0) is 60.4 Å². The number of nitrogens with two attached hydrogens (primary N) is 1. The van der Waals surface area contributed by atoms with Crippen LogP contribution in [0, 0.1) is 0 Å². The summed E-state index contributed by atoms with van der Waals surface area (Å²) < 4.78 is 16.3. The first-order chi connectivity index (χ1) is 15.6. The normalized spacial score (nSPS) is 12.5. The van der Waals surface area contributed by atoms with E-state index >= 15 is 0 Å². The molecule has 0 spiro atoms. The van der Waals surface area contributed by atoms with Gasteiger partial charge in [0.05, 0.1) is 14.2 Å². The number of halogens is 1. The molecule has 0 fully saturated rings. The number of ether oxygens (including phenoxy) is 3. The molecule has 3 aromatic carbocycles. The molecule has 3 rings (SSSR count). The molecular weight excluding hydrogens is 438 g/mol. The smallest absolute Gasteiger partial charge is 0.119 e. The van der Waals surface area contributed by atoms with Crippen molar-refractivity contribution in [2.24, 2.45) is 5.73 Å². The Labute approximate surface area is 202 Å². The zero-order valence-corrected chi connectivity index (χ0v) is 20.0. The number of methoxy groups -OCH3 is 2. The molecule has 178 valence electrons. The largest absolute Gasteiger partial charge is 0.497 e. The van der Waals surface area contributed by atoms with Gasteiger partial charge in [-0.1, -0.05) is 48.9 Å². The molecule has 3 N–H and O–H groups in total. The maximum atomic E-state index is 10.4. The Morgan fingerprint density at radius 3 is 1.73 bits per heavy atom. The van der Waals surface area contributed by atoms with Crippen LogP contribution in [0.3, 0.4) is 0 Å². The van der Waals surface area contributed by atoms with Gasteiger partial charge < -0.3 is 25.1 Å². The molecule has 5 nitrogen and oxygen atoms in total. The minimum Gasteiger partial charge on any atom is -0.497 e. The van der Waals surface area contributed by atoms with Gasteiger partial charge in [-0.25, -0.2) is 0 Å². The first kappa shape index (κ1) is 26.5. The molecule has 0 aliphatic carbocycles. The summed E-state index contributed by atoms with van der Waals surface area (Å²) in [4.78, 5) is 0. The van der Waals surface area contributed by atoms with Crippen molar-refractivity contribution in [2.75, 3.05) is 20.8 Å². The highest BCUT2D eigenvalue weighted by Gasteiger charge is 2.19. The van der Waals surface area contributed by atoms with Gasteiger partial charge >= 0.3 is 0 Å². The Hall–Kier alpha value is -2.73. The first-order valence-electron chi connectivity index (χ1n) is 11.0. The standard InChI is InChI=1S/C27H33NO4.ClH/c1-30-22-15-11-20(12-16-22)25(21-13-17-23(31-2)18-14-21)9-6-10-26(28)27(29)19-32-24-7-4-3-5-8-24;/h3-5,7-8,11-18,25-27,29H,6,9-10,19,28H2,1-2H3;1H/t26?,27-;/m0./s1. The summed E-state index contributed by atoms with van der Waals surface area (Å²) in [6, 6.07) is 25.5. The van der Waals surface area contributed by atoms with Crippen LogP contribution in [0.15, 0.2) is 78.9 Å². The van der Waals surface area contributed by atoms with Crippen molar-refractivity contribution in [1.82, 2.24) is 0 Å². The van der Waals surface area contributed by atoms with E-state index < -0.39 is 6.10 Å². The fourth-order valence-electron chi connectivity index (χ4n) is 3.77. The highest BCUT2D eigenvalue weighted by atomic mass is 35.5. The summed E-state index contributed by atoms with van der Waals surface area (Å²) in [6.07, 6.45) is 1.79. The molecule has 0 aliphatic heterocycles. The molecule has 0 amide bonds. The third kappa shape index (κ3) is 7.97. The van der Waals surface area contributed by atoms with Gasteiger partial charge in [-0.15, -0.1) is 12.4 Å². The second kappa shape index (κ2) is 13.7. The summed E-state index contributed by atoms with van der Waals surface area (Å²) in [6.45, 7) is 0.186. The van der Waals surface area contributed by atoms with E-state index in [2.05, 4.69) is 24.3 Å². The van der Waals surface area contributed by atoms with Crippen LogP contribution in [0.5, 0.6) is 17.2 Å². The number of aliphatic hydroxyl groups excluding tert-OH is 1. The van der Waals surface area contributed by atoms with E-state index in [0.717, 1.165) is 30.1 Å². The average Bonchev–Trinajstić information content (AvgIpc) is 2.86. The third-order valence-electron chi connectivity index (χ3n) is 5.72. The van der Waals surface area contributed by atoms with E-state index in [1.807, 2.05) is 54.6 Å². The van der Waals surface area contributed by atoms with E-state index in [-0.39, 0.29) is 31.0 Å². The summed E-state index contributed by atoms with van der Waals surface area (Å²) in [5.41, 5.74) is 8.70. The lowest BCUT2D eigenvalue weighted by Gasteiger charge is -2.22. The lowest BCUT2D eigenvalue weighted by molar-refractivity contribution is 0.0817. The van der Waals surface area contributed by atoms with Gasteiger partial charge in [0.1, 0.15) is 30.0 Å². The van der Waals surface area contributed by atoms with Gasteiger partial charge in [-0.3, -0.25) is 0 Å². The lowest BCUT2D eigenvalue weighted by atomic mass is 9.86. The zero-order chi connectivity index (χ0) is 22.8. The maximum absolute atomic E-state index is 10.4. The fourth-order valence-corrected chi connectivity index (χ4v) is 3.77. The first-order valence-corrected chi connectivity index (χ1v) is 11.0. The molecule has 0 aliphatic rings. The van der Waals surface area contributed by atoms with E-state index in [9.17, 15) is 5.11 Å². The molecular formula is C27H34ClNO4. The van der Waals surface area contributed by atoms with Crippen LogP contribution in [0.2, 0.25) is 0 Å². The Bertz CT molecular complexity index is 872. The Morgan fingerprint density at radius 2 is 1.24 bits per heavy atom. The second-order valence-electron chi connectivity index (χ2n) is 7.89. The average molecular weight is 472 g/mol. The van der Waals surface area contributed by atoms with E-state index in [0.29, 0.717) is 6.42 Å². The Kier molecular flexibility index (Phi) is 11.0. The van der Waals surface area contributed by atoms with E-state index in [4.69, 9.17) is 19.9 Å². The number of hydrogen-bond donors (Lipinski definition) is 2. The molecule has 2 atom stereocenters. The van der Waals surface area contributed by atoms with Crippen LogP contribution >= 0.6 is 12.4 Å². The van der Waals surface area contributed by atoms with Crippen LogP contribution in [-0.2, 0) is 0 Å². The SMILES string of the molecule is COc1ccc(C(CCCC(N)[C@@H](O)COc2ccccc2)c2ccc(OC)cc2)cc1.Cl. The molecule has 0 bridgehead atoms. The molecule has 3 aromatic rings. The molecule has 6 heteroatoms. The highest BCUT2D eigenvalue weighted by molar-refractivity contribution is 5.85. The zero-order valence-electron chi connectivity index (χ0n) is 19.2. The molecule has 0 saturated heterocycles. The minimum absolute atomic E-state index is 0. The lowest BCUT2D eigenvalue weighted by Crippen LogP contribution is -2.38. The van der Waals surface area contributed by atoms with E-state index in [1.165, 1.54) is 11.1 Å². The quantitative estimate of drug-likeness (QED) is 0.380. The third-order valence-corrected chi connectivity index (χ3v) is 5.72. The topological polar surface area (TPSA) is 73.9 Å². The van der Waals surface area contributed by atoms with Crippen molar-refractivity contribution < 1.29 is 19.3 Å². The number of hydrogen-bond acceptors (Lipinski definition) is 5. The Balaban J connectivity index is 0.00000385. The number of para-hydroxylation sites is 1. The monoisotopic (exact) mass is 471 g/mol.